The van der Waals surface area contributed by atoms with Gasteiger partial charge in [0.05, 0.1) is 0 Å². The molecule has 23 heavy (non-hydrogen) atoms. The predicted octanol–water partition coefficient (Wildman–Crippen LogP) is 7.35. The van der Waals surface area contributed by atoms with Crippen molar-refractivity contribution < 1.29 is 26.2 Å². The molecule has 0 aromatic rings. The van der Waals surface area contributed by atoms with Crippen LogP contribution in [0.5, 0.6) is 0 Å². The summed E-state index contributed by atoms with van der Waals surface area (Å²) in [6.07, 6.45) is 28.0. The first-order valence-electron chi connectivity index (χ1n) is 8.39. The van der Waals surface area contributed by atoms with Crippen LogP contribution < -0.4 is 0 Å². The maximum Gasteiger partial charge on any atom is 2.00 e. The van der Waals surface area contributed by atoms with Crippen molar-refractivity contribution in [3.8, 4) is 0 Å². The normalized spacial score (nSPS) is 13.8. The van der Waals surface area contributed by atoms with Crippen molar-refractivity contribution in [3.63, 3.8) is 0 Å². The first-order valence-corrected chi connectivity index (χ1v) is 8.39. The number of hydrogen-bond acceptors (Lipinski definition) is 0. The second-order valence-electron chi connectivity index (χ2n) is 5.53. The molecule has 0 aromatic carbocycles. The molecule has 0 saturated heterocycles. The van der Waals surface area contributed by atoms with Crippen LogP contribution in [0, 0.1) is 12.2 Å². The molecular weight excluding hydrogens is 402 g/mol. The third-order valence-corrected chi connectivity index (χ3v) is 3.63. The molecule has 0 nitrogen and oxygen atoms in total. The largest absolute Gasteiger partial charge is 2.00 e. The Kier molecular flexibility index (Phi) is 25.1. The molecule has 2 rings (SSSR count). The second kappa shape index (κ2) is 20.5. The van der Waals surface area contributed by atoms with E-state index in [1.807, 2.05) is 0 Å². The van der Waals surface area contributed by atoms with Gasteiger partial charge in [-0.2, -0.15) is 12.2 Å². The molecule has 0 amide bonds. The molecule has 3 heteroatoms. The summed E-state index contributed by atoms with van der Waals surface area (Å²) in [4.78, 5) is 0. The van der Waals surface area contributed by atoms with Crippen LogP contribution in [0.2, 0.25) is 0 Å². The Labute approximate surface area is 175 Å². The summed E-state index contributed by atoms with van der Waals surface area (Å²) in [5.41, 5.74) is 2.85. The zero-order valence-corrected chi connectivity index (χ0v) is 18.8. The number of allylic oxidation sites excluding steroid dienone is 8. The topological polar surface area (TPSA) is 0 Å². The van der Waals surface area contributed by atoms with Crippen molar-refractivity contribution in [2.75, 3.05) is 0 Å². The molecule has 0 heterocycles. The van der Waals surface area contributed by atoms with E-state index < -0.39 is 0 Å². The van der Waals surface area contributed by atoms with E-state index in [0.717, 1.165) is 12.8 Å². The standard InChI is InChI=1S/2C10H15.2ClH.Zr/c2*1-2-3-4-7-10-8-5-6-9-10;;;/h2*5,8H,2-4,6-7H2,1H3;2*1H;/q2*-1;;;+2. The zero-order valence-electron chi connectivity index (χ0n) is 14.7. The van der Waals surface area contributed by atoms with E-state index in [4.69, 9.17) is 0 Å². The summed E-state index contributed by atoms with van der Waals surface area (Å²) >= 11 is 0. The zero-order chi connectivity index (χ0) is 14.5. The number of rotatable bonds is 8. The van der Waals surface area contributed by atoms with Crippen LogP contribution in [-0.4, -0.2) is 0 Å². The second-order valence-corrected chi connectivity index (χ2v) is 5.53. The third-order valence-electron chi connectivity index (χ3n) is 3.63. The van der Waals surface area contributed by atoms with Crippen LogP contribution in [0.3, 0.4) is 0 Å². The molecule has 0 N–H and O–H groups in total. The van der Waals surface area contributed by atoms with Crippen LogP contribution >= 0.6 is 24.8 Å². The Bertz CT molecular complexity index is 332. The molecule has 0 aliphatic heterocycles. The Morgan fingerprint density at radius 3 is 1.39 bits per heavy atom. The Balaban J connectivity index is -0.000000308. The van der Waals surface area contributed by atoms with Crippen LogP contribution in [0.15, 0.2) is 35.5 Å². The third kappa shape index (κ3) is 15.7. The summed E-state index contributed by atoms with van der Waals surface area (Å²) in [5, 5.41) is 0. The molecule has 0 spiro atoms. The van der Waals surface area contributed by atoms with E-state index in [2.05, 4.69) is 50.3 Å². The number of halogens is 2. The molecule has 0 unspecified atom stereocenters. The Morgan fingerprint density at radius 2 is 1.13 bits per heavy atom. The maximum absolute atomic E-state index is 3.32. The molecular formula is C20H32Cl2Zr. The smallest absolute Gasteiger partial charge is 0.269 e. The van der Waals surface area contributed by atoms with Crippen LogP contribution in [-0.2, 0) is 26.2 Å². The van der Waals surface area contributed by atoms with Gasteiger partial charge in [-0.05, 0) is 0 Å². The minimum Gasteiger partial charge on any atom is -0.269 e. The SMILES string of the molecule is CCCCCC1=[C-]CC=C1.CCCCCC1=[C-]CC=C1.Cl.Cl.[Zr+2]. The van der Waals surface area contributed by atoms with Gasteiger partial charge in [0.2, 0.25) is 0 Å². The van der Waals surface area contributed by atoms with Gasteiger partial charge < -0.3 is 0 Å². The van der Waals surface area contributed by atoms with E-state index in [1.54, 1.807) is 0 Å². The van der Waals surface area contributed by atoms with Crippen molar-refractivity contribution >= 4 is 24.8 Å². The Hall–Kier alpha value is 0.423. The van der Waals surface area contributed by atoms with Crippen LogP contribution in [0.4, 0.5) is 0 Å². The predicted molar refractivity (Wildman–Crippen MR) is 104 cm³/mol. The fourth-order valence-corrected chi connectivity index (χ4v) is 2.37. The summed E-state index contributed by atoms with van der Waals surface area (Å²) in [7, 11) is 0. The van der Waals surface area contributed by atoms with Gasteiger partial charge in [-0.15, -0.1) is 37.7 Å². The summed E-state index contributed by atoms with van der Waals surface area (Å²) in [6.45, 7) is 4.48. The fourth-order valence-electron chi connectivity index (χ4n) is 2.37. The first-order chi connectivity index (χ1) is 9.86. The minimum absolute atomic E-state index is 0. The van der Waals surface area contributed by atoms with Gasteiger partial charge in [0, 0.05) is 0 Å². The number of hydrogen-bond donors (Lipinski definition) is 0. The van der Waals surface area contributed by atoms with E-state index in [0.29, 0.717) is 0 Å². The monoisotopic (exact) mass is 432 g/mol. The van der Waals surface area contributed by atoms with Gasteiger partial charge >= 0.3 is 26.2 Å². The van der Waals surface area contributed by atoms with Crippen molar-refractivity contribution in [3.05, 3.63) is 47.6 Å². The quantitative estimate of drug-likeness (QED) is 0.277. The van der Waals surface area contributed by atoms with Gasteiger partial charge in [0.25, 0.3) is 0 Å². The van der Waals surface area contributed by atoms with Crippen molar-refractivity contribution in [2.45, 2.75) is 78.1 Å². The molecule has 0 atom stereocenters. The van der Waals surface area contributed by atoms with E-state index >= 15 is 0 Å². The molecule has 2 aliphatic carbocycles. The molecule has 0 radical (unpaired) electrons. The first kappa shape index (κ1) is 28.2. The van der Waals surface area contributed by atoms with E-state index in [9.17, 15) is 0 Å². The van der Waals surface area contributed by atoms with Gasteiger partial charge in [0.15, 0.2) is 0 Å². The summed E-state index contributed by atoms with van der Waals surface area (Å²) < 4.78 is 0. The fraction of sp³-hybridized carbons (Fsp3) is 0.600. The van der Waals surface area contributed by atoms with E-state index in [-0.39, 0.29) is 51.0 Å². The minimum atomic E-state index is 0. The van der Waals surface area contributed by atoms with Crippen molar-refractivity contribution in [1.29, 1.82) is 0 Å². The van der Waals surface area contributed by atoms with Gasteiger partial charge in [-0.1, -0.05) is 65.2 Å². The molecule has 2 aliphatic rings. The average Bonchev–Trinajstić information content (AvgIpc) is 3.13. The molecule has 0 bridgehead atoms. The van der Waals surface area contributed by atoms with Crippen molar-refractivity contribution in [1.82, 2.24) is 0 Å². The molecule has 0 aromatic heterocycles. The molecule has 130 valence electrons. The Morgan fingerprint density at radius 1 is 0.739 bits per heavy atom. The average molecular weight is 435 g/mol. The molecule has 0 saturated carbocycles. The van der Waals surface area contributed by atoms with Crippen LogP contribution in [0.1, 0.15) is 78.1 Å². The van der Waals surface area contributed by atoms with Gasteiger partial charge in [0.1, 0.15) is 0 Å². The summed E-state index contributed by atoms with van der Waals surface area (Å²) in [6, 6.07) is 0. The van der Waals surface area contributed by atoms with Gasteiger partial charge in [-0.25, -0.2) is 23.3 Å². The van der Waals surface area contributed by atoms with E-state index in [1.165, 1.54) is 62.5 Å². The molecule has 0 fully saturated rings. The number of unbranched alkanes of at least 4 members (excludes halogenated alkanes) is 4. The summed E-state index contributed by atoms with van der Waals surface area (Å²) in [5.74, 6) is 0. The van der Waals surface area contributed by atoms with Crippen LogP contribution in [0.25, 0.3) is 0 Å². The van der Waals surface area contributed by atoms with Crippen molar-refractivity contribution in [2.24, 2.45) is 0 Å². The maximum atomic E-state index is 3.32. The van der Waals surface area contributed by atoms with Gasteiger partial charge in [-0.3, -0.25) is 12.2 Å².